The van der Waals surface area contributed by atoms with Gasteiger partial charge in [0.15, 0.2) is 0 Å². The fourth-order valence-corrected chi connectivity index (χ4v) is 3.01. The number of para-hydroxylation sites is 1. The molecule has 1 amide bonds. The lowest BCUT2D eigenvalue weighted by Crippen LogP contribution is -2.29. The summed E-state index contributed by atoms with van der Waals surface area (Å²) >= 11 is 0. The summed E-state index contributed by atoms with van der Waals surface area (Å²) in [5.41, 5.74) is 1.35. The first kappa shape index (κ1) is 18.5. The van der Waals surface area contributed by atoms with E-state index in [1.54, 1.807) is 31.0 Å². The van der Waals surface area contributed by atoms with Gasteiger partial charge in [-0.2, -0.15) is 0 Å². The summed E-state index contributed by atoms with van der Waals surface area (Å²) in [5.74, 6) is 0.865. The first-order valence-electron chi connectivity index (χ1n) is 8.71. The summed E-state index contributed by atoms with van der Waals surface area (Å²) < 4.78 is 12.5. The highest BCUT2D eigenvalue weighted by Crippen LogP contribution is 2.19. The van der Waals surface area contributed by atoms with E-state index in [4.69, 9.17) is 9.47 Å². The third-order valence-electron chi connectivity index (χ3n) is 4.35. The summed E-state index contributed by atoms with van der Waals surface area (Å²) in [7, 11) is 3.38. The van der Waals surface area contributed by atoms with Crippen LogP contribution >= 0.6 is 0 Å². The molecular weight excluding hydrogens is 344 g/mol. The molecule has 3 aromatic rings. The van der Waals surface area contributed by atoms with Crippen LogP contribution in [0.15, 0.2) is 53.5 Å². The van der Waals surface area contributed by atoms with Gasteiger partial charge in [0.05, 0.1) is 24.6 Å². The Hall–Kier alpha value is -3.28. The van der Waals surface area contributed by atoms with Crippen molar-refractivity contribution in [3.8, 4) is 11.5 Å². The number of benzene rings is 2. The van der Waals surface area contributed by atoms with Crippen molar-refractivity contribution in [3.63, 3.8) is 0 Å². The largest absolute Gasteiger partial charge is 0.496 e. The first-order chi connectivity index (χ1) is 13.0. The summed E-state index contributed by atoms with van der Waals surface area (Å²) in [6, 6.07) is 12.7. The lowest BCUT2D eigenvalue weighted by Gasteiger charge is -2.12. The molecule has 1 N–H and O–H groups in total. The molecule has 0 unspecified atom stereocenters. The van der Waals surface area contributed by atoms with E-state index in [2.05, 4.69) is 5.32 Å². The number of rotatable bonds is 6. The highest BCUT2D eigenvalue weighted by atomic mass is 16.5. The number of aromatic nitrogens is 1. The number of hydrogen-bond acceptors (Lipinski definition) is 4. The number of methoxy groups -OCH3 is 1. The molecule has 0 bridgehead atoms. The average molecular weight is 366 g/mol. The Balaban J connectivity index is 1.92. The van der Waals surface area contributed by atoms with Crippen LogP contribution in [0, 0.1) is 0 Å². The van der Waals surface area contributed by atoms with Crippen LogP contribution in [0.1, 0.15) is 22.8 Å². The van der Waals surface area contributed by atoms with Gasteiger partial charge in [-0.25, -0.2) is 0 Å². The van der Waals surface area contributed by atoms with E-state index >= 15 is 0 Å². The molecule has 1 heterocycles. The molecule has 6 nitrogen and oxygen atoms in total. The minimum absolute atomic E-state index is 0.0912. The van der Waals surface area contributed by atoms with E-state index in [-0.39, 0.29) is 17.5 Å². The summed E-state index contributed by atoms with van der Waals surface area (Å²) in [4.78, 5) is 25.5. The maximum atomic E-state index is 12.9. The van der Waals surface area contributed by atoms with Gasteiger partial charge < -0.3 is 19.4 Å². The van der Waals surface area contributed by atoms with Crippen molar-refractivity contribution in [2.75, 3.05) is 13.7 Å². The number of hydrogen-bond donors (Lipinski definition) is 1. The Morgan fingerprint density at radius 1 is 1.19 bits per heavy atom. The molecule has 0 aliphatic heterocycles. The zero-order valence-electron chi connectivity index (χ0n) is 15.6. The molecular formula is C21H22N2O4. The molecule has 2 aromatic carbocycles. The molecule has 0 atom stereocenters. The standard InChI is InChI=1S/C21H22N2O4/c1-4-27-15-9-10-18-16(11-15)20(24)17(13-23(18)2)21(25)22-12-14-7-5-6-8-19(14)26-3/h5-11,13H,4,12H2,1-3H3,(H,22,25). The number of aryl methyl sites for hydroxylation is 1. The Labute approximate surface area is 157 Å². The topological polar surface area (TPSA) is 69.6 Å². The van der Waals surface area contributed by atoms with Crippen LogP contribution < -0.4 is 20.2 Å². The lowest BCUT2D eigenvalue weighted by atomic mass is 10.1. The number of ether oxygens (including phenoxy) is 2. The molecule has 0 radical (unpaired) electrons. The number of nitrogens with one attached hydrogen (secondary N) is 1. The van der Waals surface area contributed by atoms with Crippen LogP contribution in [0.3, 0.4) is 0 Å². The molecule has 0 fully saturated rings. The van der Waals surface area contributed by atoms with Crippen molar-refractivity contribution in [2.24, 2.45) is 7.05 Å². The van der Waals surface area contributed by atoms with Crippen LogP contribution in [-0.4, -0.2) is 24.2 Å². The number of amides is 1. The average Bonchev–Trinajstić information content (AvgIpc) is 2.69. The highest BCUT2D eigenvalue weighted by Gasteiger charge is 2.15. The van der Waals surface area contributed by atoms with Gasteiger partial charge >= 0.3 is 0 Å². The number of carbonyl (C=O) groups excluding carboxylic acids is 1. The van der Waals surface area contributed by atoms with Gasteiger partial charge in [0.2, 0.25) is 5.43 Å². The predicted octanol–water partition coefficient (Wildman–Crippen LogP) is 2.88. The molecule has 6 heteroatoms. The van der Waals surface area contributed by atoms with Crippen molar-refractivity contribution >= 4 is 16.8 Å². The third-order valence-corrected chi connectivity index (χ3v) is 4.35. The molecule has 3 rings (SSSR count). The Bertz CT molecular complexity index is 1040. The minimum atomic E-state index is -0.426. The van der Waals surface area contributed by atoms with Crippen molar-refractivity contribution < 1.29 is 14.3 Å². The van der Waals surface area contributed by atoms with E-state index < -0.39 is 5.91 Å². The van der Waals surface area contributed by atoms with E-state index in [1.807, 2.05) is 43.3 Å². The number of carbonyl (C=O) groups is 1. The zero-order chi connectivity index (χ0) is 19.4. The van der Waals surface area contributed by atoms with Gasteiger partial charge in [0.1, 0.15) is 17.1 Å². The van der Waals surface area contributed by atoms with Crippen LogP contribution in [-0.2, 0) is 13.6 Å². The van der Waals surface area contributed by atoms with Crippen molar-refractivity contribution in [3.05, 3.63) is 70.0 Å². The second kappa shape index (κ2) is 7.95. The Morgan fingerprint density at radius 3 is 2.70 bits per heavy atom. The maximum absolute atomic E-state index is 12.9. The van der Waals surface area contributed by atoms with Gasteiger partial charge in [-0.15, -0.1) is 0 Å². The summed E-state index contributed by atoms with van der Waals surface area (Å²) in [5, 5.41) is 3.25. The first-order valence-corrected chi connectivity index (χ1v) is 8.71. The zero-order valence-corrected chi connectivity index (χ0v) is 15.6. The van der Waals surface area contributed by atoms with Gasteiger partial charge in [0, 0.05) is 25.4 Å². The molecule has 27 heavy (non-hydrogen) atoms. The van der Waals surface area contributed by atoms with Crippen molar-refractivity contribution in [2.45, 2.75) is 13.5 Å². The Kier molecular flexibility index (Phi) is 5.45. The molecule has 0 aliphatic carbocycles. The second-order valence-corrected chi connectivity index (χ2v) is 6.09. The highest BCUT2D eigenvalue weighted by molar-refractivity contribution is 5.97. The van der Waals surface area contributed by atoms with E-state index in [1.165, 1.54) is 0 Å². The predicted molar refractivity (Wildman–Crippen MR) is 105 cm³/mol. The van der Waals surface area contributed by atoms with Crippen LogP contribution in [0.2, 0.25) is 0 Å². The smallest absolute Gasteiger partial charge is 0.257 e. The van der Waals surface area contributed by atoms with E-state index in [0.717, 1.165) is 11.1 Å². The molecule has 0 spiro atoms. The normalized spacial score (nSPS) is 10.6. The molecule has 0 saturated heterocycles. The summed E-state index contributed by atoms with van der Waals surface area (Å²) in [6.07, 6.45) is 1.56. The quantitative estimate of drug-likeness (QED) is 0.728. The fraction of sp³-hybridized carbons (Fsp3) is 0.238. The second-order valence-electron chi connectivity index (χ2n) is 6.09. The lowest BCUT2D eigenvalue weighted by molar-refractivity contribution is 0.0949. The molecule has 0 aliphatic rings. The molecule has 0 saturated carbocycles. The van der Waals surface area contributed by atoms with Gasteiger partial charge in [0.25, 0.3) is 5.91 Å². The van der Waals surface area contributed by atoms with Gasteiger partial charge in [-0.05, 0) is 31.2 Å². The minimum Gasteiger partial charge on any atom is -0.496 e. The van der Waals surface area contributed by atoms with Gasteiger partial charge in [-0.3, -0.25) is 9.59 Å². The fourth-order valence-electron chi connectivity index (χ4n) is 3.01. The van der Waals surface area contributed by atoms with Crippen LogP contribution in [0.25, 0.3) is 10.9 Å². The molecule has 1 aromatic heterocycles. The molecule has 140 valence electrons. The SMILES string of the molecule is CCOc1ccc2c(c1)c(=O)c(C(=O)NCc1ccccc1OC)cn2C. The van der Waals surface area contributed by atoms with Crippen LogP contribution in [0.4, 0.5) is 0 Å². The third kappa shape index (κ3) is 3.79. The van der Waals surface area contributed by atoms with E-state index in [0.29, 0.717) is 23.5 Å². The van der Waals surface area contributed by atoms with Crippen molar-refractivity contribution in [1.82, 2.24) is 9.88 Å². The van der Waals surface area contributed by atoms with Crippen LogP contribution in [0.5, 0.6) is 11.5 Å². The van der Waals surface area contributed by atoms with Crippen molar-refractivity contribution in [1.29, 1.82) is 0 Å². The van der Waals surface area contributed by atoms with E-state index in [9.17, 15) is 9.59 Å². The number of nitrogens with zero attached hydrogens (tertiary/aromatic N) is 1. The number of fused-ring (bicyclic) bond motifs is 1. The maximum Gasteiger partial charge on any atom is 0.257 e. The summed E-state index contributed by atoms with van der Waals surface area (Å²) in [6.45, 7) is 2.65. The van der Waals surface area contributed by atoms with Gasteiger partial charge in [-0.1, -0.05) is 18.2 Å². The Morgan fingerprint density at radius 2 is 1.96 bits per heavy atom. The monoisotopic (exact) mass is 366 g/mol. The number of pyridine rings is 1.